The first-order chi connectivity index (χ1) is 14.3. The second-order valence-electron chi connectivity index (χ2n) is 7.86. The molecule has 158 valence electrons. The SMILES string of the molecule is Cc1ccc([C@H]2CC(c3ccccc3Cl)=NN2C(=O)CN(C)C(=O)NC(C)C)cc1. The highest BCUT2D eigenvalue weighted by Crippen LogP contribution is 2.34. The maximum atomic E-state index is 13.1. The van der Waals surface area contributed by atoms with Gasteiger partial charge in [-0.3, -0.25) is 4.79 Å². The minimum absolute atomic E-state index is 0.00742. The minimum Gasteiger partial charge on any atom is -0.336 e. The zero-order chi connectivity index (χ0) is 21.8. The maximum Gasteiger partial charge on any atom is 0.317 e. The summed E-state index contributed by atoms with van der Waals surface area (Å²) in [5.41, 5.74) is 3.72. The summed E-state index contributed by atoms with van der Waals surface area (Å²) in [6.45, 7) is 5.71. The van der Waals surface area contributed by atoms with E-state index in [1.807, 2.05) is 69.3 Å². The first kappa shape index (κ1) is 21.8. The molecule has 0 aromatic heterocycles. The van der Waals surface area contributed by atoms with Crippen molar-refractivity contribution >= 4 is 29.3 Å². The van der Waals surface area contributed by atoms with Crippen LogP contribution >= 0.6 is 11.6 Å². The third-order valence-corrected chi connectivity index (χ3v) is 5.27. The second kappa shape index (κ2) is 9.30. The summed E-state index contributed by atoms with van der Waals surface area (Å²) >= 11 is 6.37. The van der Waals surface area contributed by atoms with Gasteiger partial charge in [-0.2, -0.15) is 5.10 Å². The molecule has 1 aliphatic rings. The molecule has 0 unspecified atom stereocenters. The van der Waals surface area contributed by atoms with Crippen molar-refractivity contribution in [3.63, 3.8) is 0 Å². The predicted molar refractivity (Wildman–Crippen MR) is 120 cm³/mol. The Kier molecular flexibility index (Phi) is 6.77. The fourth-order valence-corrected chi connectivity index (χ4v) is 3.60. The second-order valence-corrected chi connectivity index (χ2v) is 8.26. The summed E-state index contributed by atoms with van der Waals surface area (Å²) in [5, 5.41) is 9.51. The number of nitrogens with zero attached hydrogens (tertiary/aromatic N) is 3. The molecular formula is C23H27ClN4O2. The Morgan fingerprint density at radius 3 is 2.50 bits per heavy atom. The van der Waals surface area contributed by atoms with E-state index in [0.29, 0.717) is 11.4 Å². The first-order valence-corrected chi connectivity index (χ1v) is 10.4. The van der Waals surface area contributed by atoms with E-state index in [2.05, 4.69) is 10.4 Å². The molecule has 0 bridgehead atoms. The fourth-order valence-electron chi connectivity index (χ4n) is 3.35. The monoisotopic (exact) mass is 426 g/mol. The van der Waals surface area contributed by atoms with Gasteiger partial charge in [0, 0.05) is 30.1 Å². The summed E-state index contributed by atoms with van der Waals surface area (Å²) in [4.78, 5) is 26.7. The van der Waals surface area contributed by atoms with Gasteiger partial charge in [0.15, 0.2) is 0 Å². The van der Waals surface area contributed by atoms with Gasteiger partial charge in [-0.05, 0) is 32.4 Å². The lowest BCUT2D eigenvalue weighted by Gasteiger charge is -2.25. The summed E-state index contributed by atoms with van der Waals surface area (Å²) < 4.78 is 0. The van der Waals surface area contributed by atoms with Crippen LogP contribution in [0.5, 0.6) is 0 Å². The third-order valence-electron chi connectivity index (χ3n) is 4.94. The molecule has 7 heteroatoms. The van der Waals surface area contributed by atoms with E-state index in [0.717, 1.165) is 22.4 Å². The van der Waals surface area contributed by atoms with E-state index in [-0.39, 0.29) is 30.6 Å². The zero-order valence-electron chi connectivity index (χ0n) is 17.7. The number of halogens is 1. The van der Waals surface area contributed by atoms with Gasteiger partial charge in [0.25, 0.3) is 5.91 Å². The largest absolute Gasteiger partial charge is 0.336 e. The van der Waals surface area contributed by atoms with E-state index >= 15 is 0 Å². The number of nitrogens with one attached hydrogen (secondary N) is 1. The highest BCUT2D eigenvalue weighted by molar-refractivity contribution is 6.34. The van der Waals surface area contributed by atoms with Crippen molar-refractivity contribution in [2.45, 2.75) is 39.3 Å². The number of rotatable bonds is 5. The van der Waals surface area contributed by atoms with Crippen molar-refractivity contribution in [2.24, 2.45) is 5.10 Å². The summed E-state index contributed by atoms with van der Waals surface area (Å²) in [5.74, 6) is -0.246. The van der Waals surface area contributed by atoms with Crippen LogP contribution in [-0.2, 0) is 4.79 Å². The highest BCUT2D eigenvalue weighted by atomic mass is 35.5. The van der Waals surface area contributed by atoms with Gasteiger partial charge in [0.2, 0.25) is 0 Å². The van der Waals surface area contributed by atoms with E-state index in [9.17, 15) is 9.59 Å². The van der Waals surface area contributed by atoms with E-state index < -0.39 is 0 Å². The van der Waals surface area contributed by atoms with Crippen molar-refractivity contribution in [2.75, 3.05) is 13.6 Å². The Morgan fingerprint density at radius 1 is 1.20 bits per heavy atom. The summed E-state index contributed by atoms with van der Waals surface area (Å²) in [7, 11) is 1.60. The molecule has 0 saturated heterocycles. The molecule has 0 radical (unpaired) electrons. The van der Waals surface area contributed by atoms with Gasteiger partial charge in [-0.1, -0.05) is 59.6 Å². The number of carbonyl (C=O) groups is 2. The molecule has 2 aromatic rings. The summed E-state index contributed by atoms with van der Waals surface area (Å²) in [6, 6.07) is 15.0. The molecule has 0 aliphatic carbocycles. The van der Waals surface area contributed by atoms with Crippen LogP contribution in [0.4, 0.5) is 4.79 Å². The Labute approximate surface area is 182 Å². The predicted octanol–water partition coefficient (Wildman–Crippen LogP) is 4.38. The van der Waals surface area contributed by atoms with Crippen LogP contribution < -0.4 is 5.32 Å². The first-order valence-electron chi connectivity index (χ1n) is 9.99. The number of hydrazone groups is 1. The molecule has 0 spiro atoms. The molecule has 3 rings (SSSR count). The van der Waals surface area contributed by atoms with Crippen molar-refractivity contribution < 1.29 is 9.59 Å². The average Bonchev–Trinajstić information content (AvgIpc) is 3.13. The Hall–Kier alpha value is -2.86. The van der Waals surface area contributed by atoms with Gasteiger partial charge >= 0.3 is 6.03 Å². The van der Waals surface area contributed by atoms with Gasteiger partial charge in [-0.25, -0.2) is 9.80 Å². The molecule has 3 amide bonds. The van der Waals surface area contributed by atoms with Crippen molar-refractivity contribution in [1.29, 1.82) is 0 Å². The molecule has 1 aliphatic heterocycles. The van der Waals surface area contributed by atoms with E-state index in [1.165, 1.54) is 9.91 Å². The topological polar surface area (TPSA) is 65.0 Å². The van der Waals surface area contributed by atoms with Crippen LogP contribution in [-0.4, -0.2) is 47.2 Å². The number of hydrogen-bond acceptors (Lipinski definition) is 3. The number of aryl methyl sites for hydroxylation is 1. The van der Waals surface area contributed by atoms with Crippen LogP contribution in [0.15, 0.2) is 53.6 Å². The molecule has 1 heterocycles. The molecular weight excluding hydrogens is 400 g/mol. The number of urea groups is 1. The lowest BCUT2D eigenvalue weighted by molar-refractivity contribution is -0.133. The van der Waals surface area contributed by atoms with Gasteiger partial charge < -0.3 is 10.2 Å². The maximum absolute atomic E-state index is 13.1. The van der Waals surface area contributed by atoms with E-state index in [4.69, 9.17) is 11.6 Å². The Bertz CT molecular complexity index is 956. The van der Waals surface area contributed by atoms with Crippen LogP contribution in [0.1, 0.15) is 43.0 Å². The number of carbonyl (C=O) groups excluding carboxylic acids is 2. The normalized spacial score (nSPS) is 15.9. The van der Waals surface area contributed by atoms with Crippen LogP contribution in [0.2, 0.25) is 5.02 Å². The van der Waals surface area contributed by atoms with Gasteiger partial charge in [0.05, 0.1) is 11.8 Å². The van der Waals surface area contributed by atoms with Crippen LogP contribution in [0, 0.1) is 6.92 Å². The Morgan fingerprint density at radius 2 is 1.87 bits per heavy atom. The van der Waals surface area contributed by atoms with Gasteiger partial charge in [-0.15, -0.1) is 0 Å². The van der Waals surface area contributed by atoms with Crippen molar-refractivity contribution in [1.82, 2.24) is 15.2 Å². The average molecular weight is 427 g/mol. The number of likely N-dealkylation sites (N-methyl/N-ethyl adjacent to an activating group) is 1. The molecule has 0 saturated carbocycles. The standard InChI is InChI=1S/C23H27ClN4O2/c1-15(2)25-23(30)27(4)14-22(29)28-21(17-11-9-16(3)10-12-17)13-20(26-28)18-7-5-6-8-19(18)24/h5-12,15,21H,13-14H2,1-4H3,(H,25,30)/t21-/m1/s1. The smallest absolute Gasteiger partial charge is 0.317 e. The number of benzene rings is 2. The van der Waals surface area contributed by atoms with Crippen LogP contribution in [0.25, 0.3) is 0 Å². The zero-order valence-corrected chi connectivity index (χ0v) is 18.5. The number of amides is 3. The van der Waals surface area contributed by atoms with Crippen molar-refractivity contribution in [3.8, 4) is 0 Å². The fraction of sp³-hybridized carbons (Fsp3) is 0.348. The van der Waals surface area contributed by atoms with Crippen LogP contribution in [0.3, 0.4) is 0 Å². The lowest BCUT2D eigenvalue weighted by atomic mass is 9.97. The molecule has 1 N–H and O–H groups in total. The van der Waals surface area contributed by atoms with Gasteiger partial charge in [0.1, 0.15) is 6.54 Å². The highest BCUT2D eigenvalue weighted by Gasteiger charge is 2.34. The molecule has 2 aromatic carbocycles. The van der Waals surface area contributed by atoms with E-state index in [1.54, 1.807) is 7.05 Å². The molecule has 0 fully saturated rings. The third kappa shape index (κ3) is 5.00. The lowest BCUT2D eigenvalue weighted by Crippen LogP contribution is -2.45. The minimum atomic E-state index is -0.292. The quantitative estimate of drug-likeness (QED) is 0.771. The Balaban J connectivity index is 1.87. The molecule has 1 atom stereocenters. The molecule has 30 heavy (non-hydrogen) atoms. The molecule has 6 nitrogen and oxygen atoms in total. The van der Waals surface area contributed by atoms with Crippen molar-refractivity contribution in [3.05, 3.63) is 70.2 Å². The summed E-state index contributed by atoms with van der Waals surface area (Å²) in [6.07, 6.45) is 0.556. The number of hydrogen-bond donors (Lipinski definition) is 1.